The molecule has 6 N–H and O–H groups in total. The van der Waals surface area contributed by atoms with E-state index in [4.69, 9.17) is 14.2 Å². The van der Waals surface area contributed by atoms with Crippen LogP contribution in [0.4, 0.5) is 0 Å². The number of rotatable bonds is 52. The van der Waals surface area contributed by atoms with E-state index in [1.807, 2.05) is 18.2 Å². The van der Waals surface area contributed by atoms with Crippen LogP contribution in [-0.2, 0) is 23.8 Å². The van der Waals surface area contributed by atoms with Gasteiger partial charge in [-0.05, 0) is 103 Å². The Hall–Kier alpha value is -3.68. The van der Waals surface area contributed by atoms with E-state index in [0.717, 1.165) is 96.3 Å². The zero-order chi connectivity index (χ0) is 57.5. The van der Waals surface area contributed by atoms with Crippen molar-refractivity contribution >= 4 is 11.9 Å². The number of aliphatic hydroxyl groups excluding tert-OH is 5. The largest absolute Gasteiger partial charge is 0.454 e. The Morgan fingerprint density at radius 2 is 0.911 bits per heavy atom. The molecule has 452 valence electrons. The van der Waals surface area contributed by atoms with Gasteiger partial charge in [0.2, 0.25) is 5.91 Å². The summed E-state index contributed by atoms with van der Waals surface area (Å²) in [5.74, 6) is -1.27. The SMILES string of the molecule is CC/C=C\C/C=C\C/C=C\C/C=C\C/C=C\CCCC(=O)OC1C(OCC(NC(=O)C(O)CCCCCCCCCCC/C=C\C/C=C\C/C=C\CCCCC)C(O)/C=C/CCCCCCCCCCC)OC(CO)C(O)C1O. The van der Waals surface area contributed by atoms with Crippen molar-refractivity contribution in [1.82, 2.24) is 5.32 Å². The Balaban J connectivity index is 2.68. The van der Waals surface area contributed by atoms with Crippen LogP contribution in [0, 0.1) is 0 Å². The number of carbonyl (C=O) groups is 2. The van der Waals surface area contributed by atoms with Gasteiger partial charge < -0.3 is 45.1 Å². The van der Waals surface area contributed by atoms with Gasteiger partial charge >= 0.3 is 5.97 Å². The van der Waals surface area contributed by atoms with Gasteiger partial charge in [0.25, 0.3) is 0 Å². The fraction of sp³-hybridized carbons (Fsp3) is 0.706. The van der Waals surface area contributed by atoms with Crippen LogP contribution in [0.15, 0.2) is 109 Å². The van der Waals surface area contributed by atoms with Gasteiger partial charge in [-0.25, -0.2) is 0 Å². The van der Waals surface area contributed by atoms with Crippen molar-refractivity contribution in [1.29, 1.82) is 0 Å². The first-order chi connectivity index (χ1) is 38.7. The molecule has 1 amide bonds. The van der Waals surface area contributed by atoms with Crippen LogP contribution in [0.5, 0.6) is 0 Å². The Kier molecular flexibility index (Phi) is 50.9. The first-order valence-electron chi connectivity index (χ1n) is 31.7. The molecule has 0 radical (unpaired) electrons. The predicted octanol–water partition coefficient (Wildman–Crippen LogP) is 15.3. The van der Waals surface area contributed by atoms with Gasteiger partial charge in [-0.3, -0.25) is 9.59 Å². The molecular formula is C68H115NO10. The molecule has 0 aromatic carbocycles. The summed E-state index contributed by atoms with van der Waals surface area (Å²) in [5.41, 5.74) is 0. The number of esters is 1. The van der Waals surface area contributed by atoms with Crippen LogP contribution in [0.25, 0.3) is 0 Å². The summed E-state index contributed by atoms with van der Waals surface area (Å²) >= 11 is 0. The zero-order valence-electron chi connectivity index (χ0n) is 50.0. The number of hydrogen-bond donors (Lipinski definition) is 6. The molecular weight excluding hydrogens is 991 g/mol. The van der Waals surface area contributed by atoms with Crippen molar-refractivity contribution in [3.8, 4) is 0 Å². The first-order valence-corrected chi connectivity index (χ1v) is 31.7. The van der Waals surface area contributed by atoms with Crippen molar-refractivity contribution in [3.05, 3.63) is 109 Å². The highest BCUT2D eigenvalue weighted by atomic mass is 16.7. The standard InChI is InChI=1S/C68H115NO10/c1-4-7-10-13-16-19-22-24-26-28-29-30-31-32-34-35-37-40-43-46-49-52-55-61(72)67(76)69-59(60(71)54-51-48-45-42-39-21-18-15-12-9-6-3)58-77-68-66(65(75)64(74)62(57-70)78-68)79-63(73)56-53-50-47-44-41-38-36-33-27-25-23-20-17-14-11-8-5-2/h8,11,16-17,19-20,24-27,29-30,36,38,44,47,51,54,59-62,64-66,68,70-72,74-75H,4-7,9-10,12-15,18,21-23,28,31-35,37,39-43,45-46,48-50,52-53,55-58H2,1-3H3,(H,69,76)/b11-8-,19-16-,20-17-,26-24-,27-25-,30-29-,38-36-,47-44-,54-51+. The molecule has 8 atom stereocenters. The van der Waals surface area contributed by atoms with E-state index in [0.29, 0.717) is 19.3 Å². The van der Waals surface area contributed by atoms with E-state index >= 15 is 0 Å². The van der Waals surface area contributed by atoms with Gasteiger partial charge in [0, 0.05) is 6.42 Å². The maximum absolute atomic E-state index is 13.4. The summed E-state index contributed by atoms with van der Waals surface area (Å²) in [6.45, 7) is 5.60. The third kappa shape index (κ3) is 42.8. The molecule has 0 aliphatic carbocycles. The van der Waals surface area contributed by atoms with Crippen molar-refractivity contribution in [2.24, 2.45) is 0 Å². The normalized spacial score (nSPS) is 19.6. The lowest BCUT2D eigenvalue weighted by Gasteiger charge is -2.41. The van der Waals surface area contributed by atoms with E-state index in [1.165, 1.54) is 96.3 Å². The maximum Gasteiger partial charge on any atom is 0.306 e. The lowest BCUT2D eigenvalue weighted by atomic mass is 9.99. The molecule has 1 rings (SSSR count). The number of allylic oxidation sites excluding steroid dienone is 17. The fourth-order valence-electron chi connectivity index (χ4n) is 9.16. The van der Waals surface area contributed by atoms with Gasteiger partial charge in [-0.1, -0.05) is 246 Å². The number of nitrogens with one attached hydrogen (secondary N) is 1. The molecule has 79 heavy (non-hydrogen) atoms. The molecule has 1 heterocycles. The number of ether oxygens (including phenoxy) is 3. The van der Waals surface area contributed by atoms with Crippen molar-refractivity contribution in [2.45, 2.75) is 294 Å². The molecule has 1 aliphatic rings. The lowest BCUT2D eigenvalue weighted by Crippen LogP contribution is -2.61. The molecule has 1 aliphatic heterocycles. The predicted molar refractivity (Wildman–Crippen MR) is 328 cm³/mol. The van der Waals surface area contributed by atoms with Crippen molar-refractivity contribution in [3.63, 3.8) is 0 Å². The molecule has 0 saturated carbocycles. The molecule has 0 aromatic rings. The summed E-state index contributed by atoms with van der Waals surface area (Å²) in [6.07, 6.45) is 64.2. The van der Waals surface area contributed by atoms with E-state index in [-0.39, 0.29) is 19.4 Å². The minimum atomic E-state index is -1.64. The number of unbranched alkanes of at least 4 members (excludes halogenated alkanes) is 22. The first kappa shape index (κ1) is 73.3. The summed E-state index contributed by atoms with van der Waals surface area (Å²) in [7, 11) is 0. The molecule has 1 saturated heterocycles. The second-order valence-electron chi connectivity index (χ2n) is 21.4. The monoisotopic (exact) mass is 1110 g/mol. The smallest absolute Gasteiger partial charge is 0.306 e. The average Bonchev–Trinajstić information content (AvgIpc) is 3.47. The van der Waals surface area contributed by atoms with E-state index in [9.17, 15) is 35.1 Å². The van der Waals surface area contributed by atoms with Crippen LogP contribution in [0.1, 0.15) is 245 Å². The zero-order valence-corrected chi connectivity index (χ0v) is 50.0. The summed E-state index contributed by atoms with van der Waals surface area (Å²) < 4.78 is 17.5. The third-order valence-electron chi connectivity index (χ3n) is 14.2. The van der Waals surface area contributed by atoms with Gasteiger partial charge in [-0.2, -0.15) is 0 Å². The van der Waals surface area contributed by atoms with E-state index in [1.54, 1.807) is 6.08 Å². The molecule has 11 heteroatoms. The van der Waals surface area contributed by atoms with Crippen LogP contribution < -0.4 is 5.32 Å². The number of amides is 1. The Labute approximate surface area is 481 Å². The van der Waals surface area contributed by atoms with Crippen LogP contribution in [-0.4, -0.2) is 99.6 Å². The summed E-state index contributed by atoms with van der Waals surface area (Å²) in [5, 5.41) is 57.0. The fourth-order valence-corrected chi connectivity index (χ4v) is 9.16. The molecule has 0 bridgehead atoms. The highest BCUT2D eigenvalue weighted by Gasteiger charge is 2.47. The highest BCUT2D eigenvalue weighted by Crippen LogP contribution is 2.26. The Morgan fingerprint density at radius 1 is 0.506 bits per heavy atom. The molecule has 1 fully saturated rings. The molecule has 0 aromatic heterocycles. The van der Waals surface area contributed by atoms with Gasteiger partial charge in [-0.15, -0.1) is 0 Å². The minimum Gasteiger partial charge on any atom is -0.454 e. The lowest BCUT2D eigenvalue weighted by molar-refractivity contribution is -0.305. The topological polar surface area (TPSA) is 175 Å². The molecule has 11 nitrogen and oxygen atoms in total. The van der Waals surface area contributed by atoms with E-state index < -0.39 is 67.4 Å². The van der Waals surface area contributed by atoms with Crippen molar-refractivity contribution in [2.75, 3.05) is 13.2 Å². The quantitative estimate of drug-likeness (QED) is 0.0195. The second kappa shape index (κ2) is 54.9. The number of carbonyl (C=O) groups excluding carboxylic acids is 2. The molecule has 0 spiro atoms. The maximum atomic E-state index is 13.4. The Bertz CT molecular complexity index is 1700. The van der Waals surface area contributed by atoms with Crippen LogP contribution >= 0.6 is 0 Å². The second-order valence-corrected chi connectivity index (χ2v) is 21.4. The Morgan fingerprint density at radius 3 is 1.39 bits per heavy atom. The number of aliphatic hydroxyl groups is 5. The highest BCUT2D eigenvalue weighted by molar-refractivity contribution is 5.80. The van der Waals surface area contributed by atoms with Crippen LogP contribution in [0.3, 0.4) is 0 Å². The van der Waals surface area contributed by atoms with Crippen LogP contribution in [0.2, 0.25) is 0 Å². The van der Waals surface area contributed by atoms with Gasteiger partial charge in [0.05, 0.1) is 25.4 Å². The van der Waals surface area contributed by atoms with Crippen molar-refractivity contribution < 1.29 is 49.3 Å². The molecule has 8 unspecified atom stereocenters. The number of hydrogen-bond acceptors (Lipinski definition) is 10. The van der Waals surface area contributed by atoms with Gasteiger partial charge in [0.1, 0.15) is 24.4 Å². The summed E-state index contributed by atoms with van der Waals surface area (Å²) in [6, 6.07) is -1.04. The third-order valence-corrected chi connectivity index (χ3v) is 14.2. The summed E-state index contributed by atoms with van der Waals surface area (Å²) in [4.78, 5) is 26.5. The van der Waals surface area contributed by atoms with Gasteiger partial charge in [0.15, 0.2) is 12.4 Å². The average molecular weight is 1110 g/mol. The minimum absolute atomic E-state index is 0.0397. The van der Waals surface area contributed by atoms with E-state index in [2.05, 4.69) is 111 Å².